The molecule has 1 aliphatic heterocycles. The van der Waals surface area contributed by atoms with Crippen molar-refractivity contribution in [3.63, 3.8) is 0 Å². The largest absolute Gasteiger partial charge is 0.356 e. The average molecular weight is 295 g/mol. The fraction of sp³-hybridized carbons (Fsp3) is 0.562. The van der Waals surface area contributed by atoms with Crippen molar-refractivity contribution < 1.29 is 4.79 Å². The summed E-state index contributed by atoms with van der Waals surface area (Å²) in [6.45, 7) is 5.68. The summed E-state index contributed by atoms with van der Waals surface area (Å²) in [5.74, 6) is 0.410. The van der Waals surface area contributed by atoms with Gasteiger partial charge in [0.1, 0.15) is 0 Å². The summed E-state index contributed by atoms with van der Waals surface area (Å²) in [7, 11) is 0. The zero-order valence-electron chi connectivity index (χ0n) is 12.1. The van der Waals surface area contributed by atoms with Crippen LogP contribution in [-0.2, 0) is 11.3 Å². The van der Waals surface area contributed by atoms with E-state index in [0.29, 0.717) is 0 Å². The van der Waals surface area contributed by atoms with Crippen molar-refractivity contribution in [3.8, 4) is 0 Å². The Morgan fingerprint density at radius 1 is 1.35 bits per heavy atom. The van der Waals surface area contributed by atoms with Crippen LogP contribution in [0.3, 0.4) is 0 Å². The first-order chi connectivity index (χ1) is 9.70. The van der Waals surface area contributed by atoms with Gasteiger partial charge in [0.2, 0.25) is 5.91 Å². The fourth-order valence-electron chi connectivity index (χ4n) is 2.61. The molecular weight excluding hydrogens is 272 g/mol. The second kappa shape index (κ2) is 7.65. The first-order valence-electron chi connectivity index (χ1n) is 7.44. The Balaban J connectivity index is 1.80. The Labute approximate surface area is 126 Å². The minimum Gasteiger partial charge on any atom is -0.356 e. The van der Waals surface area contributed by atoms with Gasteiger partial charge in [0.25, 0.3) is 0 Å². The monoisotopic (exact) mass is 294 g/mol. The highest BCUT2D eigenvalue weighted by atomic mass is 35.5. The zero-order chi connectivity index (χ0) is 14.4. The lowest BCUT2D eigenvalue weighted by Gasteiger charge is -2.31. The Hall–Kier alpha value is -1.06. The third kappa shape index (κ3) is 4.22. The van der Waals surface area contributed by atoms with Crippen molar-refractivity contribution in [2.45, 2.75) is 32.7 Å². The van der Waals surface area contributed by atoms with Crippen LogP contribution in [0.2, 0.25) is 5.02 Å². The quantitative estimate of drug-likeness (QED) is 0.905. The van der Waals surface area contributed by atoms with Crippen LogP contribution < -0.4 is 5.32 Å². The zero-order valence-corrected chi connectivity index (χ0v) is 12.8. The van der Waals surface area contributed by atoms with E-state index < -0.39 is 0 Å². The lowest BCUT2D eigenvalue weighted by molar-refractivity contribution is -0.126. The molecular formula is C16H23ClN2O. The molecule has 0 unspecified atom stereocenters. The maximum Gasteiger partial charge on any atom is 0.223 e. The summed E-state index contributed by atoms with van der Waals surface area (Å²) in [5.41, 5.74) is 1.17. The number of amides is 1. The van der Waals surface area contributed by atoms with Gasteiger partial charge in [0.05, 0.1) is 0 Å². The van der Waals surface area contributed by atoms with Crippen LogP contribution in [0, 0.1) is 5.92 Å². The Morgan fingerprint density at radius 2 is 2.05 bits per heavy atom. The maximum atomic E-state index is 11.9. The van der Waals surface area contributed by atoms with Gasteiger partial charge in [-0.15, -0.1) is 0 Å². The molecule has 0 bridgehead atoms. The summed E-state index contributed by atoms with van der Waals surface area (Å²) in [4.78, 5) is 14.3. The highest BCUT2D eigenvalue weighted by Crippen LogP contribution is 2.22. The molecule has 3 nitrogen and oxygen atoms in total. The first-order valence-corrected chi connectivity index (χ1v) is 7.82. The Morgan fingerprint density at radius 3 is 2.70 bits per heavy atom. The van der Waals surface area contributed by atoms with Crippen LogP contribution in [0.1, 0.15) is 31.7 Å². The van der Waals surface area contributed by atoms with Gasteiger partial charge in [-0.3, -0.25) is 9.69 Å². The van der Waals surface area contributed by atoms with Gasteiger partial charge in [0.15, 0.2) is 0 Å². The van der Waals surface area contributed by atoms with Crippen LogP contribution in [0.25, 0.3) is 0 Å². The van der Waals surface area contributed by atoms with Gasteiger partial charge in [-0.1, -0.05) is 36.7 Å². The van der Waals surface area contributed by atoms with E-state index >= 15 is 0 Å². The van der Waals surface area contributed by atoms with E-state index in [1.807, 2.05) is 18.2 Å². The molecule has 1 fully saturated rings. The second-order valence-electron chi connectivity index (χ2n) is 5.43. The molecule has 1 aliphatic rings. The highest BCUT2D eigenvalue weighted by molar-refractivity contribution is 6.31. The molecule has 0 radical (unpaired) electrons. The van der Waals surface area contributed by atoms with Crippen LogP contribution in [0.4, 0.5) is 0 Å². The maximum absolute atomic E-state index is 11.9. The number of hydrogen-bond donors (Lipinski definition) is 1. The van der Waals surface area contributed by atoms with Crippen molar-refractivity contribution in [1.82, 2.24) is 10.2 Å². The van der Waals surface area contributed by atoms with E-state index in [9.17, 15) is 4.79 Å². The molecule has 20 heavy (non-hydrogen) atoms. The fourth-order valence-corrected chi connectivity index (χ4v) is 2.81. The molecule has 4 heteroatoms. The summed E-state index contributed by atoms with van der Waals surface area (Å²) in [6, 6.07) is 7.98. The molecule has 0 aromatic heterocycles. The number of rotatable bonds is 5. The molecule has 0 aliphatic carbocycles. The van der Waals surface area contributed by atoms with Gasteiger partial charge in [0, 0.05) is 24.0 Å². The van der Waals surface area contributed by atoms with E-state index in [2.05, 4.69) is 23.2 Å². The third-order valence-corrected chi connectivity index (χ3v) is 4.23. The second-order valence-corrected chi connectivity index (χ2v) is 5.84. The standard InChI is InChI=1S/C16H23ClN2O/c1-2-9-18-16(20)13-7-10-19(11-8-13)12-14-5-3-4-6-15(14)17/h3-6,13H,2,7-12H2,1H3,(H,18,20). The van der Waals surface area contributed by atoms with E-state index in [1.54, 1.807) is 0 Å². The molecule has 0 saturated carbocycles. The molecule has 1 heterocycles. The topological polar surface area (TPSA) is 32.3 Å². The molecule has 0 atom stereocenters. The summed E-state index contributed by atoms with van der Waals surface area (Å²) in [5, 5.41) is 3.83. The van der Waals surface area contributed by atoms with Gasteiger partial charge in [-0.2, -0.15) is 0 Å². The minimum atomic E-state index is 0.184. The van der Waals surface area contributed by atoms with Crippen molar-refractivity contribution >= 4 is 17.5 Å². The molecule has 1 aromatic rings. The summed E-state index contributed by atoms with van der Waals surface area (Å²) in [6.07, 6.45) is 2.89. The SMILES string of the molecule is CCCNC(=O)C1CCN(Cc2ccccc2Cl)CC1. The van der Waals surface area contributed by atoms with E-state index in [4.69, 9.17) is 11.6 Å². The molecule has 1 aromatic carbocycles. The number of nitrogens with one attached hydrogen (secondary N) is 1. The molecule has 1 saturated heterocycles. The summed E-state index contributed by atoms with van der Waals surface area (Å²) < 4.78 is 0. The molecule has 1 amide bonds. The van der Waals surface area contributed by atoms with Crippen LogP contribution in [-0.4, -0.2) is 30.4 Å². The van der Waals surface area contributed by atoms with E-state index in [0.717, 1.165) is 50.5 Å². The Kier molecular flexibility index (Phi) is 5.86. The van der Waals surface area contributed by atoms with E-state index in [-0.39, 0.29) is 11.8 Å². The minimum absolute atomic E-state index is 0.184. The predicted molar refractivity (Wildman–Crippen MR) is 82.8 cm³/mol. The number of nitrogens with zero attached hydrogens (tertiary/aromatic N) is 1. The lowest BCUT2D eigenvalue weighted by atomic mass is 9.95. The number of piperidine rings is 1. The highest BCUT2D eigenvalue weighted by Gasteiger charge is 2.24. The van der Waals surface area contributed by atoms with Crippen molar-refractivity contribution in [2.75, 3.05) is 19.6 Å². The number of benzene rings is 1. The van der Waals surface area contributed by atoms with Crippen molar-refractivity contribution in [1.29, 1.82) is 0 Å². The smallest absolute Gasteiger partial charge is 0.223 e. The van der Waals surface area contributed by atoms with Crippen molar-refractivity contribution in [3.05, 3.63) is 34.9 Å². The van der Waals surface area contributed by atoms with Crippen LogP contribution >= 0.6 is 11.6 Å². The first kappa shape index (κ1) is 15.3. The number of carbonyl (C=O) groups excluding carboxylic acids is 1. The predicted octanol–water partition coefficient (Wildman–Crippen LogP) is 3.08. The third-order valence-electron chi connectivity index (χ3n) is 3.86. The van der Waals surface area contributed by atoms with Crippen molar-refractivity contribution in [2.24, 2.45) is 5.92 Å². The van der Waals surface area contributed by atoms with Gasteiger partial charge in [-0.05, 0) is 44.0 Å². The van der Waals surface area contributed by atoms with E-state index in [1.165, 1.54) is 5.56 Å². The average Bonchev–Trinajstić information content (AvgIpc) is 2.48. The molecule has 0 spiro atoms. The molecule has 110 valence electrons. The number of likely N-dealkylation sites (tertiary alicyclic amines) is 1. The summed E-state index contributed by atoms with van der Waals surface area (Å²) >= 11 is 6.19. The normalized spacial score (nSPS) is 17.1. The number of halogens is 1. The molecule has 2 rings (SSSR count). The van der Waals surface area contributed by atoms with Gasteiger partial charge >= 0.3 is 0 Å². The lowest BCUT2D eigenvalue weighted by Crippen LogP contribution is -2.40. The van der Waals surface area contributed by atoms with Gasteiger partial charge in [-0.25, -0.2) is 0 Å². The van der Waals surface area contributed by atoms with Gasteiger partial charge < -0.3 is 5.32 Å². The van der Waals surface area contributed by atoms with Crippen LogP contribution in [0.5, 0.6) is 0 Å². The number of carbonyl (C=O) groups is 1. The van der Waals surface area contributed by atoms with Crippen LogP contribution in [0.15, 0.2) is 24.3 Å². The Bertz CT molecular complexity index is 442. The number of hydrogen-bond acceptors (Lipinski definition) is 2. The molecule has 1 N–H and O–H groups in total.